The maximum Gasteiger partial charge on any atom is 0.229 e. The molecule has 2 N–H and O–H groups in total. The summed E-state index contributed by atoms with van der Waals surface area (Å²) in [7, 11) is 1.56. The van der Waals surface area contributed by atoms with Gasteiger partial charge in [0.15, 0.2) is 0 Å². The highest BCUT2D eigenvalue weighted by molar-refractivity contribution is 6.32. The van der Waals surface area contributed by atoms with Crippen LogP contribution in [0.4, 0.5) is 21.8 Å². The van der Waals surface area contributed by atoms with Crippen molar-refractivity contribution in [2.45, 2.75) is 6.54 Å². The van der Waals surface area contributed by atoms with E-state index in [9.17, 15) is 4.39 Å². The summed E-state index contributed by atoms with van der Waals surface area (Å²) in [5, 5.41) is 6.64. The Kier molecular flexibility index (Phi) is 5.30. The lowest BCUT2D eigenvalue weighted by molar-refractivity contribution is 0.415. The molecule has 1 heterocycles. The van der Waals surface area contributed by atoms with Crippen LogP contribution in [0.15, 0.2) is 54.7 Å². The Bertz CT molecular complexity index is 875. The molecule has 3 aromatic rings. The largest absolute Gasteiger partial charge is 0.495 e. The summed E-state index contributed by atoms with van der Waals surface area (Å²) in [4.78, 5) is 8.52. The first-order valence-electron chi connectivity index (χ1n) is 7.56. The summed E-state index contributed by atoms with van der Waals surface area (Å²) in [6.07, 6.45) is 1.62. The Balaban J connectivity index is 1.69. The van der Waals surface area contributed by atoms with Gasteiger partial charge in [0.25, 0.3) is 0 Å². The molecule has 25 heavy (non-hydrogen) atoms. The highest BCUT2D eigenvalue weighted by Crippen LogP contribution is 2.28. The van der Waals surface area contributed by atoms with E-state index in [1.165, 1.54) is 6.07 Å². The van der Waals surface area contributed by atoms with Crippen LogP contribution in [0.5, 0.6) is 5.75 Å². The van der Waals surface area contributed by atoms with Crippen molar-refractivity contribution in [3.05, 3.63) is 71.1 Å². The molecule has 0 aliphatic rings. The van der Waals surface area contributed by atoms with Crippen LogP contribution in [-0.4, -0.2) is 17.1 Å². The van der Waals surface area contributed by atoms with Gasteiger partial charge in [-0.15, -0.1) is 0 Å². The Hall–Kier alpha value is -2.86. The minimum absolute atomic E-state index is 0.254. The summed E-state index contributed by atoms with van der Waals surface area (Å²) in [6.45, 7) is 0.331. The molecule has 0 fully saturated rings. The van der Waals surface area contributed by atoms with Crippen molar-refractivity contribution >= 4 is 29.1 Å². The minimum Gasteiger partial charge on any atom is -0.495 e. The van der Waals surface area contributed by atoms with Gasteiger partial charge in [-0.2, -0.15) is 4.98 Å². The number of benzene rings is 2. The highest BCUT2D eigenvalue weighted by Gasteiger charge is 2.05. The van der Waals surface area contributed by atoms with Crippen LogP contribution in [0.25, 0.3) is 0 Å². The lowest BCUT2D eigenvalue weighted by Crippen LogP contribution is -2.05. The lowest BCUT2D eigenvalue weighted by Gasteiger charge is -2.10. The number of anilines is 3. The second kappa shape index (κ2) is 7.81. The predicted octanol–water partition coefficient (Wildman–Crippen LogP) is 4.63. The normalized spacial score (nSPS) is 10.4. The quantitative estimate of drug-likeness (QED) is 0.672. The molecule has 0 spiro atoms. The van der Waals surface area contributed by atoms with Gasteiger partial charge in [-0.1, -0.05) is 29.8 Å². The highest BCUT2D eigenvalue weighted by atomic mass is 35.5. The molecule has 1 aromatic heterocycles. The maximum atomic E-state index is 13.7. The molecule has 0 saturated carbocycles. The van der Waals surface area contributed by atoms with E-state index in [0.717, 1.165) is 5.69 Å². The number of nitrogens with zero attached hydrogens (tertiary/aromatic N) is 2. The molecule has 128 valence electrons. The fourth-order valence-electron chi connectivity index (χ4n) is 2.22. The van der Waals surface area contributed by atoms with Gasteiger partial charge in [0, 0.05) is 24.0 Å². The maximum absolute atomic E-state index is 13.7. The van der Waals surface area contributed by atoms with E-state index in [4.69, 9.17) is 16.3 Å². The minimum atomic E-state index is -0.254. The third kappa shape index (κ3) is 4.36. The van der Waals surface area contributed by atoms with E-state index in [0.29, 0.717) is 34.6 Å². The van der Waals surface area contributed by atoms with Crippen LogP contribution < -0.4 is 15.4 Å². The van der Waals surface area contributed by atoms with Gasteiger partial charge in [-0.3, -0.25) is 0 Å². The Morgan fingerprint density at radius 3 is 2.76 bits per heavy atom. The molecule has 5 nitrogen and oxygen atoms in total. The van der Waals surface area contributed by atoms with Crippen LogP contribution in [-0.2, 0) is 6.54 Å². The lowest BCUT2D eigenvalue weighted by atomic mass is 10.2. The topological polar surface area (TPSA) is 59.1 Å². The van der Waals surface area contributed by atoms with Crippen LogP contribution >= 0.6 is 11.6 Å². The first-order valence-corrected chi connectivity index (χ1v) is 7.94. The smallest absolute Gasteiger partial charge is 0.229 e. The van der Waals surface area contributed by atoms with Gasteiger partial charge in [-0.25, -0.2) is 9.37 Å². The van der Waals surface area contributed by atoms with Crippen molar-refractivity contribution in [2.75, 3.05) is 17.7 Å². The molecule has 0 aliphatic heterocycles. The number of rotatable bonds is 6. The number of ether oxygens (including phenoxy) is 1. The number of aromatic nitrogens is 2. The van der Waals surface area contributed by atoms with Crippen LogP contribution in [0.2, 0.25) is 5.02 Å². The molecule has 0 atom stereocenters. The van der Waals surface area contributed by atoms with E-state index in [-0.39, 0.29) is 5.82 Å². The molecule has 0 amide bonds. The van der Waals surface area contributed by atoms with Crippen LogP contribution in [0, 0.1) is 5.82 Å². The van der Waals surface area contributed by atoms with Crippen molar-refractivity contribution < 1.29 is 9.13 Å². The van der Waals surface area contributed by atoms with Gasteiger partial charge < -0.3 is 15.4 Å². The zero-order valence-corrected chi connectivity index (χ0v) is 14.2. The average molecular weight is 359 g/mol. The van der Waals surface area contributed by atoms with Crippen molar-refractivity contribution in [3.8, 4) is 5.75 Å². The first kappa shape index (κ1) is 17.0. The second-order valence-corrected chi connectivity index (χ2v) is 5.59. The molecule has 2 aromatic carbocycles. The Labute approximate surface area is 149 Å². The zero-order chi connectivity index (χ0) is 17.6. The molecule has 0 bridgehead atoms. The van der Waals surface area contributed by atoms with Crippen molar-refractivity contribution in [2.24, 2.45) is 0 Å². The fraction of sp³-hybridized carbons (Fsp3) is 0.111. The Morgan fingerprint density at radius 1 is 1.16 bits per heavy atom. The van der Waals surface area contributed by atoms with Gasteiger partial charge in [0.05, 0.1) is 12.1 Å². The summed E-state index contributed by atoms with van der Waals surface area (Å²) in [5.41, 5.74) is 1.30. The van der Waals surface area contributed by atoms with E-state index in [1.807, 2.05) is 6.07 Å². The zero-order valence-electron chi connectivity index (χ0n) is 13.5. The van der Waals surface area contributed by atoms with Gasteiger partial charge in [0.1, 0.15) is 17.4 Å². The standard InChI is InChI=1S/C18H16ClFN4O/c1-25-16-7-6-13(10-14(16)19)23-18-21-9-8-17(24-18)22-11-12-4-2-3-5-15(12)20/h2-10H,11H2,1H3,(H2,21,22,23,24). The van der Waals surface area contributed by atoms with Gasteiger partial charge in [-0.05, 0) is 30.3 Å². The SMILES string of the molecule is COc1ccc(Nc2nccc(NCc3ccccc3F)n2)cc1Cl. The third-order valence-electron chi connectivity index (χ3n) is 3.48. The molecule has 0 radical (unpaired) electrons. The number of nitrogens with one attached hydrogen (secondary N) is 2. The Morgan fingerprint density at radius 2 is 2.00 bits per heavy atom. The van der Waals surface area contributed by atoms with Crippen molar-refractivity contribution in [1.29, 1.82) is 0 Å². The summed E-state index contributed by atoms with van der Waals surface area (Å²) in [5.74, 6) is 1.32. The third-order valence-corrected chi connectivity index (χ3v) is 3.78. The van der Waals surface area contributed by atoms with E-state index < -0.39 is 0 Å². The van der Waals surface area contributed by atoms with Crippen molar-refractivity contribution in [3.63, 3.8) is 0 Å². The number of halogens is 2. The molecule has 7 heteroatoms. The molecule has 0 saturated heterocycles. The molecular formula is C18H16ClFN4O. The van der Waals surface area contributed by atoms with Crippen LogP contribution in [0.3, 0.4) is 0 Å². The number of methoxy groups -OCH3 is 1. The average Bonchev–Trinajstić information content (AvgIpc) is 2.62. The molecule has 3 rings (SSSR count). The van der Waals surface area contributed by atoms with Crippen molar-refractivity contribution in [1.82, 2.24) is 9.97 Å². The molecule has 0 aliphatic carbocycles. The summed E-state index contributed by atoms with van der Waals surface area (Å²) >= 11 is 6.11. The van der Waals surface area contributed by atoms with E-state index >= 15 is 0 Å². The molecular weight excluding hydrogens is 343 g/mol. The second-order valence-electron chi connectivity index (χ2n) is 5.18. The van der Waals surface area contributed by atoms with Gasteiger partial charge >= 0.3 is 0 Å². The predicted molar refractivity (Wildman–Crippen MR) is 97.0 cm³/mol. The van der Waals surface area contributed by atoms with Crippen LogP contribution in [0.1, 0.15) is 5.56 Å². The number of hydrogen-bond acceptors (Lipinski definition) is 5. The molecule has 0 unspecified atom stereocenters. The summed E-state index contributed by atoms with van der Waals surface area (Å²) in [6, 6.07) is 13.6. The summed E-state index contributed by atoms with van der Waals surface area (Å²) < 4.78 is 18.8. The fourth-order valence-corrected chi connectivity index (χ4v) is 2.48. The first-order chi connectivity index (χ1) is 12.2. The van der Waals surface area contributed by atoms with E-state index in [2.05, 4.69) is 20.6 Å². The van der Waals surface area contributed by atoms with Gasteiger partial charge in [0.2, 0.25) is 5.95 Å². The van der Waals surface area contributed by atoms with E-state index in [1.54, 1.807) is 49.7 Å². The monoisotopic (exact) mass is 358 g/mol. The number of hydrogen-bond donors (Lipinski definition) is 2.